The average molecular weight is 243 g/mol. The number of nitrogens with one attached hydrogen (secondary N) is 1. The molecular formula is C9H11ClN4O2. The summed E-state index contributed by atoms with van der Waals surface area (Å²) in [5, 5.41) is 2.98. The van der Waals surface area contributed by atoms with Gasteiger partial charge in [0.05, 0.1) is 13.7 Å². The van der Waals surface area contributed by atoms with Crippen molar-refractivity contribution < 1.29 is 9.53 Å². The summed E-state index contributed by atoms with van der Waals surface area (Å²) in [6.07, 6.45) is 1.35. The second-order valence-electron chi connectivity index (χ2n) is 3.29. The zero-order valence-corrected chi connectivity index (χ0v) is 9.49. The molecule has 0 aromatic carbocycles. The average Bonchev–Trinajstić information content (AvgIpc) is 2.28. The minimum absolute atomic E-state index is 0.0389. The predicted molar refractivity (Wildman–Crippen MR) is 58.8 cm³/mol. The standard InChI is InChI=1S/C9H11ClN4O2/c1-16-7-8(10)12-5-13-9(7)14-3-2-11-6(15)4-14/h5H,2-4H2,1H3,(H,11,15). The second kappa shape index (κ2) is 4.52. The third-order valence-electron chi connectivity index (χ3n) is 2.28. The summed E-state index contributed by atoms with van der Waals surface area (Å²) in [5.74, 6) is 0.916. The Morgan fingerprint density at radius 3 is 3.06 bits per heavy atom. The zero-order valence-electron chi connectivity index (χ0n) is 8.73. The number of hydrogen-bond acceptors (Lipinski definition) is 5. The van der Waals surface area contributed by atoms with Crippen LogP contribution in [-0.2, 0) is 4.79 Å². The van der Waals surface area contributed by atoms with Gasteiger partial charge in [-0.15, -0.1) is 0 Å². The van der Waals surface area contributed by atoms with Gasteiger partial charge in [0.25, 0.3) is 0 Å². The number of carbonyl (C=O) groups is 1. The molecule has 1 saturated heterocycles. The van der Waals surface area contributed by atoms with Crippen molar-refractivity contribution in [2.45, 2.75) is 0 Å². The number of amides is 1. The number of nitrogens with zero attached hydrogens (tertiary/aromatic N) is 3. The van der Waals surface area contributed by atoms with Gasteiger partial charge in [0, 0.05) is 13.1 Å². The first kappa shape index (κ1) is 10.9. The van der Waals surface area contributed by atoms with E-state index in [1.165, 1.54) is 13.4 Å². The monoisotopic (exact) mass is 242 g/mol. The number of piperazine rings is 1. The Labute approximate surface area is 97.6 Å². The molecule has 0 bridgehead atoms. The van der Waals surface area contributed by atoms with Crippen molar-refractivity contribution in [2.24, 2.45) is 0 Å². The molecule has 1 aromatic rings. The molecule has 1 amide bonds. The lowest BCUT2D eigenvalue weighted by Crippen LogP contribution is -2.48. The van der Waals surface area contributed by atoms with E-state index in [2.05, 4.69) is 15.3 Å². The summed E-state index contributed by atoms with van der Waals surface area (Å²) < 4.78 is 5.13. The topological polar surface area (TPSA) is 67.4 Å². The van der Waals surface area contributed by atoms with Gasteiger partial charge < -0.3 is 15.0 Å². The number of carbonyl (C=O) groups excluding carboxylic acids is 1. The Hall–Kier alpha value is -1.56. The molecular weight excluding hydrogens is 232 g/mol. The number of methoxy groups -OCH3 is 1. The van der Waals surface area contributed by atoms with Crippen LogP contribution in [-0.4, -0.2) is 42.6 Å². The van der Waals surface area contributed by atoms with Crippen LogP contribution in [0.25, 0.3) is 0 Å². The Morgan fingerprint density at radius 2 is 2.38 bits per heavy atom. The van der Waals surface area contributed by atoms with E-state index in [9.17, 15) is 4.79 Å². The first-order valence-corrected chi connectivity index (χ1v) is 5.16. The highest BCUT2D eigenvalue weighted by atomic mass is 35.5. The van der Waals surface area contributed by atoms with Gasteiger partial charge in [-0.2, -0.15) is 0 Å². The predicted octanol–water partition coefficient (Wildman–Crippen LogP) is 0.0748. The Kier molecular flexibility index (Phi) is 3.09. The van der Waals surface area contributed by atoms with Crippen molar-refractivity contribution in [3.63, 3.8) is 0 Å². The summed E-state index contributed by atoms with van der Waals surface area (Å²) in [6.45, 7) is 1.52. The van der Waals surface area contributed by atoms with Gasteiger partial charge in [0.2, 0.25) is 5.91 Å². The minimum Gasteiger partial charge on any atom is -0.490 e. The van der Waals surface area contributed by atoms with Crippen molar-refractivity contribution in [1.29, 1.82) is 0 Å². The first-order valence-electron chi connectivity index (χ1n) is 4.78. The highest BCUT2D eigenvalue weighted by Crippen LogP contribution is 2.31. The molecule has 0 saturated carbocycles. The molecule has 0 radical (unpaired) electrons. The number of aromatic nitrogens is 2. The van der Waals surface area contributed by atoms with Gasteiger partial charge in [-0.25, -0.2) is 9.97 Å². The maximum Gasteiger partial charge on any atom is 0.239 e. The van der Waals surface area contributed by atoms with Gasteiger partial charge in [-0.05, 0) is 0 Å². The van der Waals surface area contributed by atoms with Crippen LogP contribution in [0.1, 0.15) is 0 Å². The largest absolute Gasteiger partial charge is 0.490 e. The van der Waals surface area contributed by atoms with Crippen LogP contribution in [0.3, 0.4) is 0 Å². The van der Waals surface area contributed by atoms with E-state index in [-0.39, 0.29) is 17.6 Å². The molecule has 1 aromatic heterocycles. The number of anilines is 1. The Bertz CT molecular complexity index is 412. The molecule has 1 aliphatic heterocycles. The van der Waals surface area contributed by atoms with Gasteiger partial charge >= 0.3 is 0 Å². The normalized spacial score (nSPS) is 15.9. The third kappa shape index (κ3) is 2.01. The molecule has 1 fully saturated rings. The van der Waals surface area contributed by atoms with Gasteiger partial charge in [-0.1, -0.05) is 11.6 Å². The fraction of sp³-hybridized carbons (Fsp3) is 0.444. The van der Waals surface area contributed by atoms with Crippen LogP contribution < -0.4 is 15.0 Å². The van der Waals surface area contributed by atoms with Crippen LogP contribution in [0.4, 0.5) is 5.82 Å². The minimum atomic E-state index is -0.0389. The maximum absolute atomic E-state index is 11.3. The summed E-state index contributed by atoms with van der Waals surface area (Å²) in [5.41, 5.74) is 0. The fourth-order valence-electron chi connectivity index (χ4n) is 1.56. The molecule has 2 heterocycles. The van der Waals surface area contributed by atoms with Crippen LogP contribution in [0.15, 0.2) is 6.33 Å². The van der Waals surface area contributed by atoms with Crippen LogP contribution in [0.2, 0.25) is 5.15 Å². The molecule has 0 aliphatic carbocycles. The van der Waals surface area contributed by atoms with Crippen molar-refractivity contribution in [3.8, 4) is 5.75 Å². The fourth-order valence-corrected chi connectivity index (χ4v) is 1.77. The molecule has 0 spiro atoms. The van der Waals surface area contributed by atoms with Crippen molar-refractivity contribution >= 4 is 23.3 Å². The third-order valence-corrected chi connectivity index (χ3v) is 2.55. The molecule has 16 heavy (non-hydrogen) atoms. The van der Waals surface area contributed by atoms with Gasteiger partial charge in [0.15, 0.2) is 16.7 Å². The van der Waals surface area contributed by atoms with Crippen molar-refractivity contribution in [2.75, 3.05) is 31.6 Å². The Balaban J connectivity index is 2.31. The van der Waals surface area contributed by atoms with Crippen molar-refractivity contribution in [1.82, 2.24) is 15.3 Å². The maximum atomic E-state index is 11.3. The van der Waals surface area contributed by atoms with E-state index < -0.39 is 0 Å². The highest BCUT2D eigenvalue weighted by Gasteiger charge is 2.22. The molecule has 7 heteroatoms. The van der Waals surface area contributed by atoms with Crippen LogP contribution in [0.5, 0.6) is 5.75 Å². The molecule has 0 atom stereocenters. The molecule has 0 unspecified atom stereocenters. The molecule has 6 nitrogen and oxygen atoms in total. The number of hydrogen-bond donors (Lipinski definition) is 1. The first-order chi connectivity index (χ1) is 7.72. The number of ether oxygens (including phenoxy) is 1. The molecule has 2 rings (SSSR count). The summed E-state index contributed by atoms with van der Waals surface area (Å²) in [4.78, 5) is 21.0. The molecule has 1 aliphatic rings. The lowest BCUT2D eigenvalue weighted by Gasteiger charge is -2.28. The summed E-state index contributed by atoms with van der Waals surface area (Å²) >= 11 is 5.88. The van der Waals surface area contributed by atoms with E-state index in [1.807, 2.05) is 4.90 Å². The summed E-state index contributed by atoms with van der Waals surface area (Å²) in [7, 11) is 1.50. The summed E-state index contributed by atoms with van der Waals surface area (Å²) in [6, 6.07) is 0. The molecule has 1 N–H and O–H groups in total. The van der Waals surface area contributed by atoms with E-state index in [4.69, 9.17) is 16.3 Å². The zero-order chi connectivity index (χ0) is 11.5. The second-order valence-corrected chi connectivity index (χ2v) is 3.65. The van der Waals surface area contributed by atoms with Gasteiger partial charge in [-0.3, -0.25) is 4.79 Å². The van der Waals surface area contributed by atoms with E-state index in [0.29, 0.717) is 24.7 Å². The quantitative estimate of drug-likeness (QED) is 0.744. The highest BCUT2D eigenvalue weighted by molar-refractivity contribution is 6.31. The van der Waals surface area contributed by atoms with Crippen molar-refractivity contribution in [3.05, 3.63) is 11.5 Å². The SMILES string of the molecule is COc1c(Cl)ncnc1N1CCNC(=O)C1. The van der Waals surface area contributed by atoms with E-state index in [0.717, 1.165) is 0 Å². The number of rotatable bonds is 2. The lowest BCUT2D eigenvalue weighted by atomic mass is 10.3. The smallest absolute Gasteiger partial charge is 0.239 e. The Morgan fingerprint density at radius 1 is 1.56 bits per heavy atom. The molecule has 86 valence electrons. The van der Waals surface area contributed by atoms with E-state index >= 15 is 0 Å². The number of halogens is 1. The lowest BCUT2D eigenvalue weighted by molar-refractivity contribution is -0.120. The van der Waals surface area contributed by atoms with Gasteiger partial charge in [0.1, 0.15) is 6.33 Å². The van der Waals surface area contributed by atoms with Crippen LogP contribution >= 0.6 is 11.6 Å². The van der Waals surface area contributed by atoms with Crippen LogP contribution in [0, 0.1) is 0 Å². The van der Waals surface area contributed by atoms with E-state index in [1.54, 1.807) is 0 Å².